The average molecular weight is 408 g/mol. The van der Waals surface area contributed by atoms with Crippen molar-refractivity contribution < 1.29 is 9.53 Å². The number of hydrazone groups is 1. The molecule has 148 valence electrons. The van der Waals surface area contributed by atoms with Crippen molar-refractivity contribution in [3.63, 3.8) is 0 Å². The first-order valence-corrected chi connectivity index (χ1v) is 12.6. The van der Waals surface area contributed by atoms with E-state index < -0.39 is 8.32 Å². The van der Waals surface area contributed by atoms with Gasteiger partial charge in [-0.3, -0.25) is 5.01 Å². The molecule has 0 aliphatic carbocycles. The van der Waals surface area contributed by atoms with Gasteiger partial charge < -0.3 is 9.53 Å². The Hall–Kier alpha value is -1.39. The lowest BCUT2D eigenvalue weighted by atomic mass is 10.1. The molecule has 1 N–H and O–H groups in total. The van der Waals surface area contributed by atoms with Gasteiger partial charge in [-0.25, -0.2) is 0 Å². The highest BCUT2D eigenvalue weighted by Crippen LogP contribution is 2.38. The van der Waals surface area contributed by atoms with Crippen molar-refractivity contribution in [3.8, 4) is 6.07 Å². The fourth-order valence-electron chi connectivity index (χ4n) is 2.91. The molecular weight excluding hydrogens is 378 g/mol. The third kappa shape index (κ3) is 4.91. The fraction of sp³-hybridized carbons (Fsp3) is 0.600. The fourth-order valence-corrected chi connectivity index (χ4v) is 4.48. The normalized spacial score (nSPS) is 21.1. The molecule has 0 amide bonds. The molecule has 1 saturated heterocycles. The van der Waals surface area contributed by atoms with Crippen molar-refractivity contribution in [2.24, 2.45) is 5.10 Å². The number of aliphatic hydroxyl groups is 1. The van der Waals surface area contributed by atoms with Crippen molar-refractivity contribution in [2.75, 3.05) is 13.2 Å². The summed E-state index contributed by atoms with van der Waals surface area (Å²) in [7, 11) is -1.86. The van der Waals surface area contributed by atoms with E-state index in [1.807, 2.05) is 18.0 Å². The quantitative estimate of drug-likeness (QED) is 0.583. The van der Waals surface area contributed by atoms with Crippen molar-refractivity contribution in [1.82, 2.24) is 5.01 Å². The smallest absolute Gasteiger partial charge is 0.192 e. The van der Waals surface area contributed by atoms with E-state index in [2.05, 4.69) is 45.0 Å². The standard InChI is InChI=1S/C20H30ClN3O2Si/c1-14-16(8-7-15(10-22)19(14)21)11-23-24-12-18(9-17(24)13-25)26-27(5,6)20(2,3)4/h7-8,11,17-18,25H,9,12-13H2,1-6H3/b23-11+/t17-,18+/m0/s1. The Kier molecular flexibility index (Phi) is 6.75. The Morgan fingerprint density at radius 3 is 2.67 bits per heavy atom. The lowest BCUT2D eigenvalue weighted by Crippen LogP contribution is -2.44. The zero-order valence-electron chi connectivity index (χ0n) is 17.1. The molecule has 7 heteroatoms. The van der Waals surface area contributed by atoms with E-state index in [1.165, 1.54) is 0 Å². The summed E-state index contributed by atoms with van der Waals surface area (Å²) in [6, 6.07) is 5.58. The van der Waals surface area contributed by atoms with E-state index in [-0.39, 0.29) is 23.8 Å². The average Bonchev–Trinajstić information content (AvgIpc) is 2.96. The maximum Gasteiger partial charge on any atom is 0.192 e. The Labute approximate surface area is 168 Å². The number of rotatable bonds is 5. The van der Waals surface area contributed by atoms with Crippen LogP contribution in [0.25, 0.3) is 0 Å². The highest BCUT2D eigenvalue weighted by molar-refractivity contribution is 6.74. The zero-order valence-corrected chi connectivity index (χ0v) is 18.8. The molecule has 1 heterocycles. The maximum atomic E-state index is 9.76. The molecular formula is C20H30ClN3O2Si. The van der Waals surface area contributed by atoms with Gasteiger partial charge >= 0.3 is 0 Å². The van der Waals surface area contributed by atoms with Crippen LogP contribution in [0, 0.1) is 18.3 Å². The summed E-state index contributed by atoms with van der Waals surface area (Å²) in [6.07, 6.45) is 2.60. The minimum absolute atomic E-state index is 0.0435. The molecule has 27 heavy (non-hydrogen) atoms. The van der Waals surface area contributed by atoms with E-state index in [9.17, 15) is 5.11 Å². The van der Waals surface area contributed by atoms with Gasteiger partial charge in [0.25, 0.3) is 0 Å². The van der Waals surface area contributed by atoms with Crippen LogP contribution in [0.15, 0.2) is 17.2 Å². The first-order valence-electron chi connectivity index (χ1n) is 9.28. The van der Waals surface area contributed by atoms with Gasteiger partial charge in [0.15, 0.2) is 8.32 Å². The first kappa shape index (κ1) is 21.9. The third-order valence-electron chi connectivity index (χ3n) is 5.72. The van der Waals surface area contributed by atoms with E-state index in [1.54, 1.807) is 12.3 Å². The lowest BCUT2D eigenvalue weighted by molar-refractivity contribution is 0.161. The van der Waals surface area contributed by atoms with Gasteiger partial charge in [-0.15, -0.1) is 0 Å². The molecule has 1 aromatic carbocycles. The van der Waals surface area contributed by atoms with Crippen molar-refractivity contribution in [3.05, 3.63) is 33.8 Å². The molecule has 1 aliphatic heterocycles. The number of nitrogens with zero attached hydrogens (tertiary/aromatic N) is 3. The summed E-state index contributed by atoms with van der Waals surface area (Å²) in [4.78, 5) is 0. The highest BCUT2D eigenvalue weighted by atomic mass is 35.5. The Balaban J connectivity index is 2.14. The summed E-state index contributed by atoms with van der Waals surface area (Å²) in [5.41, 5.74) is 2.15. The number of hydrogen-bond acceptors (Lipinski definition) is 5. The van der Waals surface area contributed by atoms with Crippen LogP contribution >= 0.6 is 11.6 Å². The van der Waals surface area contributed by atoms with Gasteiger partial charge in [0, 0.05) is 0 Å². The number of nitriles is 1. The SMILES string of the molecule is Cc1c(/C=N/N2C[C@H](O[Si](C)(C)C(C)(C)C)C[C@H]2CO)ccc(C#N)c1Cl. The molecule has 0 saturated carbocycles. The van der Waals surface area contributed by atoms with Crippen LogP contribution in [-0.2, 0) is 4.43 Å². The second kappa shape index (κ2) is 8.32. The van der Waals surface area contributed by atoms with E-state index in [4.69, 9.17) is 21.3 Å². The highest BCUT2D eigenvalue weighted by Gasteiger charge is 2.42. The van der Waals surface area contributed by atoms with Crippen molar-refractivity contribution in [1.29, 1.82) is 5.26 Å². The van der Waals surface area contributed by atoms with E-state index in [0.717, 1.165) is 17.5 Å². The number of halogens is 1. The van der Waals surface area contributed by atoms with Gasteiger partial charge in [0.05, 0.1) is 42.1 Å². The van der Waals surface area contributed by atoms with Crippen LogP contribution in [0.1, 0.15) is 43.9 Å². The lowest BCUT2D eigenvalue weighted by Gasteiger charge is -2.38. The third-order valence-corrected chi connectivity index (χ3v) is 10.7. The molecule has 2 atom stereocenters. The van der Waals surface area contributed by atoms with E-state index in [0.29, 0.717) is 17.1 Å². The molecule has 1 fully saturated rings. The van der Waals surface area contributed by atoms with E-state index >= 15 is 0 Å². The van der Waals surface area contributed by atoms with Crippen LogP contribution in [0.3, 0.4) is 0 Å². The molecule has 1 aromatic rings. The molecule has 0 bridgehead atoms. The Morgan fingerprint density at radius 1 is 1.44 bits per heavy atom. The van der Waals surface area contributed by atoms with Gasteiger partial charge in [0.2, 0.25) is 0 Å². The van der Waals surface area contributed by atoms with Crippen molar-refractivity contribution in [2.45, 2.75) is 64.4 Å². The summed E-state index contributed by atoms with van der Waals surface area (Å²) < 4.78 is 6.51. The Bertz CT molecular complexity index is 753. The van der Waals surface area contributed by atoms with Crippen LogP contribution < -0.4 is 0 Å². The molecule has 0 spiro atoms. The molecule has 0 radical (unpaired) electrons. The second-order valence-electron chi connectivity index (χ2n) is 8.69. The van der Waals surface area contributed by atoms with Gasteiger partial charge in [-0.2, -0.15) is 10.4 Å². The van der Waals surface area contributed by atoms with Gasteiger partial charge in [-0.05, 0) is 48.7 Å². The van der Waals surface area contributed by atoms with Crippen LogP contribution in [0.2, 0.25) is 23.2 Å². The molecule has 0 unspecified atom stereocenters. The predicted octanol–water partition coefficient (Wildman–Crippen LogP) is 4.31. The largest absolute Gasteiger partial charge is 0.412 e. The summed E-state index contributed by atoms with van der Waals surface area (Å²) in [5.74, 6) is 0. The zero-order chi connectivity index (χ0) is 20.4. The molecule has 1 aliphatic rings. The Morgan fingerprint density at radius 2 is 2.11 bits per heavy atom. The predicted molar refractivity (Wildman–Crippen MR) is 113 cm³/mol. The van der Waals surface area contributed by atoms with Gasteiger partial charge in [-0.1, -0.05) is 38.4 Å². The summed E-state index contributed by atoms with van der Waals surface area (Å²) >= 11 is 6.24. The summed E-state index contributed by atoms with van der Waals surface area (Å²) in [5, 5.41) is 25.9. The monoisotopic (exact) mass is 407 g/mol. The maximum absolute atomic E-state index is 9.76. The van der Waals surface area contributed by atoms with Crippen LogP contribution in [-0.4, -0.2) is 49.9 Å². The molecule has 5 nitrogen and oxygen atoms in total. The minimum Gasteiger partial charge on any atom is -0.412 e. The van der Waals surface area contributed by atoms with Crippen LogP contribution in [0.4, 0.5) is 0 Å². The topological polar surface area (TPSA) is 68.8 Å². The molecule has 0 aromatic heterocycles. The minimum atomic E-state index is -1.86. The number of benzene rings is 1. The second-order valence-corrected chi connectivity index (χ2v) is 13.8. The van der Waals surface area contributed by atoms with Crippen LogP contribution in [0.5, 0.6) is 0 Å². The summed E-state index contributed by atoms with van der Waals surface area (Å²) in [6.45, 7) is 13.8. The first-order chi connectivity index (χ1) is 12.5. The number of aliphatic hydroxyl groups excluding tert-OH is 1. The van der Waals surface area contributed by atoms with Gasteiger partial charge in [0.1, 0.15) is 6.07 Å². The number of hydrogen-bond donors (Lipinski definition) is 1. The molecule has 2 rings (SSSR count). The van der Waals surface area contributed by atoms with Crippen molar-refractivity contribution >= 4 is 26.1 Å².